The number of amides is 1. The van der Waals surface area contributed by atoms with E-state index in [0.717, 1.165) is 22.6 Å². The highest BCUT2D eigenvalue weighted by atomic mass is 32.1. The molecule has 0 aromatic carbocycles. The van der Waals surface area contributed by atoms with Gasteiger partial charge in [0.05, 0.1) is 25.3 Å². The number of rotatable bonds is 4. The standard InChI is InChI=1S/C18H22N2O4S/c1-3-4-15(20-7-8-24-10-12(20)2)17(21)19-6-5-13-14(18(22)23)11-25-16(13)9-19/h4,11H,2-3,5-10H2,1H3,(H,22,23)/b15-4-. The molecule has 0 atom stereocenters. The van der Waals surface area contributed by atoms with E-state index >= 15 is 0 Å². The van der Waals surface area contributed by atoms with Crippen molar-refractivity contribution < 1.29 is 19.4 Å². The normalized spacial score (nSPS) is 18.3. The van der Waals surface area contributed by atoms with E-state index in [2.05, 4.69) is 6.58 Å². The van der Waals surface area contributed by atoms with Gasteiger partial charge in [0.2, 0.25) is 0 Å². The highest BCUT2D eigenvalue weighted by Crippen LogP contribution is 2.30. The van der Waals surface area contributed by atoms with E-state index in [1.165, 1.54) is 11.3 Å². The first-order chi connectivity index (χ1) is 12.0. The van der Waals surface area contributed by atoms with Gasteiger partial charge in [0.25, 0.3) is 5.91 Å². The maximum atomic E-state index is 13.1. The summed E-state index contributed by atoms with van der Waals surface area (Å²) < 4.78 is 5.39. The van der Waals surface area contributed by atoms with E-state index in [0.29, 0.717) is 50.5 Å². The van der Waals surface area contributed by atoms with Gasteiger partial charge in [-0.1, -0.05) is 19.6 Å². The van der Waals surface area contributed by atoms with Gasteiger partial charge < -0.3 is 19.6 Å². The fourth-order valence-electron chi connectivity index (χ4n) is 3.22. The Morgan fingerprint density at radius 3 is 2.92 bits per heavy atom. The highest BCUT2D eigenvalue weighted by molar-refractivity contribution is 7.10. The van der Waals surface area contributed by atoms with Crippen molar-refractivity contribution in [2.24, 2.45) is 0 Å². The Bertz CT molecular complexity index is 737. The van der Waals surface area contributed by atoms with Gasteiger partial charge in [-0.2, -0.15) is 0 Å². The lowest BCUT2D eigenvalue weighted by atomic mass is 10.0. The molecule has 0 aliphatic carbocycles. The largest absolute Gasteiger partial charge is 0.478 e. The van der Waals surface area contributed by atoms with Gasteiger partial charge in [-0.05, 0) is 18.4 Å². The number of hydrogen-bond acceptors (Lipinski definition) is 5. The lowest BCUT2D eigenvalue weighted by Gasteiger charge is -2.35. The van der Waals surface area contributed by atoms with Crippen LogP contribution in [-0.4, -0.2) is 53.1 Å². The zero-order valence-electron chi connectivity index (χ0n) is 14.3. The molecule has 1 N–H and O–H groups in total. The molecule has 1 aromatic heterocycles. The second kappa shape index (κ2) is 7.41. The van der Waals surface area contributed by atoms with Crippen LogP contribution in [0.3, 0.4) is 0 Å². The van der Waals surface area contributed by atoms with Gasteiger partial charge >= 0.3 is 5.97 Å². The Balaban J connectivity index is 1.80. The number of carbonyl (C=O) groups is 2. The fourth-order valence-corrected chi connectivity index (χ4v) is 4.31. The zero-order valence-corrected chi connectivity index (χ0v) is 15.1. The van der Waals surface area contributed by atoms with E-state index in [1.54, 1.807) is 10.3 Å². The molecule has 3 heterocycles. The van der Waals surface area contributed by atoms with Gasteiger partial charge in [-0.25, -0.2) is 4.79 Å². The molecule has 2 aliphatic rings. The topological polar surface area (TPSA) is 70.1 Å². The van der Waals surface area contributed by atoms with Crippen LogP contribution in [0.15, 0.2) is 29.4 Å². The number of carboxylic acids is 1. The molecule has 1 aromatic rings. The van der Waals surface area contributed by atoms with E-state index < -0.39 is 5.97 Å². The number of ether oxygens (including phenoxy) is 1. The third-order valence-corrected chi connectivity index (χ3v) is 5.50. The summed E-state index contributed by atoms with van der Waals surface area (Å²) in [5.74, 6) is -0.922. The van der Waals surface area contributed by atoms with Crippen LogP contribution >= 0.6 is 11.3 Å². The number of fused-ring (bicyclic) bond motifs is 1. The third-order valence-electron chi connectivity index (χ3n) is 4.48. The maximum Gasteiger partial charge on any atom is 0.336 e. The summed E-state index contributed by atoms with van der Waals surface area (Å²) in [4.78, 5) is 29.1. The quantitative estimate of drug-likeness (QED) is 0.834. The molecule has 0 radical (unpaired) electrons. The van der Waals surface area contributed by atoms with Crippen LogP contribution in [0.4, 0.5) is 0 Å². The van der Waals surface area contributed by atoms with Crippen molar-refractivity contribution in [3.05, 3.63) is 45.4 Å². The van der Waals surface area contributed by atoms with Crippen LogP contribution in [-0.2, 0) is 22.5 Å². The zero-order chi connectivity index (χ0) is 18.0. The molecule has 3 rings (SSSR count). The van der Waals surface area contributed by atoms with Crippen molar-refractivity contribution >= 4 is 23.2 Å². The predicted octanol–water partition coefficient (Wildman–Crippen LogP) is 2.47. The number of hydrogen-bond donors (Lipinski definition) is 1. The van der Waals surface area contributed by atoms with Crippen LogP contribution in [0.5, 0.6) is 0 Å². The Morgan fingerprint density at radius 2 is 2.24 bits per heavy atom. The van der Waals surface area contributed by atoms with Crippen molar-refractivity contribution in [2.75, 3.05) is 26.3 Å². The van der Waals surface area contributed by atoms with Crippen LogP contribution in [0, 0.1) is 0 Å². The van der Waals surface area contributed by atoms with Crippen molar-refractivity contribution in [1.29, 1.82) is 0 Å². The highest BCUT2D eigenvalue weighted by Gasteiger charge is 2.30. The number of carboxylic acid groups (broad SMARTS) is 1. The molecule has 6 nitrogen and oxygen atoms in total. The Labute approximate surface area is 151 Å². The van der Waals surface area contributed by atoms with Crippen molar-refractivity contribution in [1.82, 2.24) is 9.80 Å². The molecular weight excluding hydrogens is 340 g/mol. The lowest BCUT2D eigenvalue weighted by molar-refractivity contribution is -0.129. The fraction of sp³-hybridized carbons (Fsp3) is 0.444. The number of carbonyl (C=O) groups excluding carboxylic acids is 1. The molecule has 2 aliphatic heterocycles. The second-order valence-electron chi connectivity index (χ2n) is 6.10. The van der Waals surface area contributed by atoms with Gasteiger partial charge in [0.1, 0.15) is 5.70 Å². The summed E-state index contributed by atoms with van der Waals surface area (Å²) in [5, 5.41) is 10.9. The minimum Gasteiger partial charge on any atom is -0.478 e. The number of thiophene rings is 1. The van der Waals surface area contributed by atoms with Crippen LogP contribution < -0.4 is 0 Å². The summed E-state index contributed by atoms with van der Waals surface area (Å²) in [6.45, 7) is 8.64. The van der Waals surface area contributed by atoms with E-state index in [9.17, 15) is 14.7 Å². The van der Waals surface area contributed by atoms with E-state index in [4.69, 9.17) is 4.74 Å². The first-order valence-electron chi connectivity index (χ1n) is 8.38. The Hall–Kier alpha value is -2.12. The molecule has 0 unspecified atom stereocenters. The van der Waals surface area contributed by atoms with Gasteiger partial charge in [-0.3, -0.25) is 4.79 Å². The van der Waals surface area contributed by atoms with Gasteiger partial charge in [0.15, 0.2) is 0 Å². The second-order valence-corrected chi connectivity index (χ2v) is 7.07. The Morgan fingerprint density at radius 1 is 1.44 bits per heavy atom. The molecule has 1 saturated heterocycles. The van der Waals surface area contributed by atoms with E-state index in [1.807, 2.05) is 17.9 Å². The van der Waals surface area contributed by atoms with Crippen molar-refractivity contribution in [2.45, 2.75) is 26.3 Å². The summed E-state index contributed by atoms with van der Waals surface area (Å²) in [6.07, 6.45) is 3.27. The molecular formula is C18H22N2O4S. The number of aromatic carboxylic acids is 1. The third kappa shape index (κ3) is 3.48. The molecule has 0 bridgehead atoms. The minimum atomic E-state index is -0.895. The summed E-state index contributed by atoms with van der Waals surface area (Å²) in [5.41, 5.74) is 2.69. The average molecular weight is 362 g/mol. The summed E-state index contributed by atoms with van der Waals surface area (Å²) in [7, 11) is 0. The molecule has 0 spiro atoms. The smallest absolute Gasteiger partial charge is 0.336 e. The summed E-state index contributed by atoms with van der Waals surface area (Å²) >= 11 is 1.42. The molecule has 25 heavy (non-hydrogen) atoms. The Kier molecular flexibility index (Phi) is 5.24. The molecule has 1 amide bonds. The molecule has 1 fully saturated rings. The summed E-state index contributed by atoms with van der Waals surface area (Å²) in [6, 6.07) is 0. The average Bonchev–Trinajstić information content (AvgIpc) is 3.03. The van der Waals surface area contributed by atoms with Gasteiger partial charge in [-0.15, -0.1) is 11.3 Å². The van der Waals surface area contributed by atoms with Crippen molar-refractivity contribution in [3.63, 3.8) is 0 Å². The SMILES string of the molecule is C=C1COCCN1/C(=C\CC)C(=O)N1CCc2c(C(=O)O)csc2C1. The first-order valence-corrected chi connectivity index (χ1v) is 9.26. The van der Waals surface area contributed by atoms with Crippen LogP contribution in [0.25, 0.3) is 0 Å². The minimum absolute atomic E-state index is 0.0270. The number of morpholine rings is 1. The van der Waals surface area contributed by atoms with Gasteiger partial charge in [0, 0.05) is 29.0 Å². The number of allylic oxidation sites excluding steroid dienone is 1. The first kappa shape index (κ1) is 17.7. The monoisotopic (exact) mass is 362 g/mol. The predicted molar refractivity (Wildman–Crippen MR) is 95.4 cm³/mol. The lowest BCUT2D eigenvalue weighted by Crippen LogP contribution is -2.43. The molecule has 0 saturated carbocycles. The maximum absolute atomic E-state index is 13.1. The van der Waals surface area contributed by atoms with Crippen LogP contribution in [0.1, 0.15) is 34.1 Å². The molecule has 7 heteroatoms. The van der Waals surface area contributed by atoms with Crippen molar-refractivity contribution in [3.8, 4) is 0 Å². The van der Waals surface area contributed by atoms with E-state index in [-0.39, 0.29) is 5.91 Å². The van der Waals surface area contributed by atoms with Crippen LogP contribution in [0.2, 0.25) is 0 Å². The number of nitrogens with zero attached hydrogens (tertiary/aromatic N) is 2. The molecule has 134 valence electrons.